The lowest BCUT2D eigenvalue weighted by molar-refractivity contribution is -0.382. The Balaban J connectivity index is 0.000000533. The van der Waals surface area contributed by atoms with Gasteiger partial charge in [0.15, 0.2) is 11.6 Å². The number of nitrogens with one attached hydrogen (secondary N) is 2. The van der Waals surface area contributed by atoms with Gasteiger partial charge in [0, 0.05) is 11.6 Å². The molecule has 0 unspecified atom stereocenters. The third kappa shape index (κ3) is 6.53. The van der Waals surface area contributed by atoms with Gasteiger partial charge in [-0.05, 0) is 43.9 Å². The SMILES string of the molecule is C1COO1.CC.CCCC1(Nc2c(OC)cc(F)c(F)c2Nc2ccc(C)cc2F)CC1. The molecule has 2 fully saturated rings. The number of anilines is 3. The van der Waals surface area contributed by atoms with E-state index in [-0.39, 0.29) is 22.7 Å². The highest BCUT2D eigenvalue weighted by Crippen LogP contribution is 2.48. The van der Waals surface area contributed by atoms with E-state index in [0.29, 0.717) is 5.69 Å². The quantitative estimate of drug-likeness (QED) is 0.447. The Bertz CT molecular complexity index is 881. The summed E-state index contributed by atoms with van der Waals surface area (Å²) in [5.74, 6) is -2.47. The molecule has 1 aliphatic heterocycles. The first kappa shape index (κ1) is 25.8. The van der Waals surface area contributed by atoms with Crippen LogP contribution >= 0.6 is 0 Å². The molecule has 178 valence electrons. The highest BCUT2D eigenvalue weighted by molar-refractivity contribution is 5.81. The summed E-state index contributed by atoms with van der Waals surface area (Å²) in [7, 11) is 1.40. The summed E-state index contributed by atoms with van der Waals surface area (Å²) in [5.41, 5.74) is 0.840. The first-order valence-corrected chi connectivity index (χ1v) is 11.0. The van der Waals surface area contributed by atoms with Crippen molar-refractivity contribution in [3.63, 3.8) is 0 Å². The Hall–Kier alpha value is -2.45. The Kier molecular flexibility index (Phi) is 9.65. The van der Waals surface area contributed by atoms with Crippen molar-refractivity contribution in [3.05, 3.63) is 47.3 Å². The van der Waals surface area contributed by atoms with E-state index < -0.39 is 17.5 Å². The monoisotopic (exact) mass is 454 g/mol. The van der Waals surface area contributed by atoms with Crippen LogP contribution < -0.4 is 15.4 Å². The van der Waals surface area contributed by atoms with Gasteiger partial charge in [0.2, 0.25) is 0 Å². The van der Waals surface area contributed by atoms with Gasteiger partial charge < -0.3 is 15.4 Å². The molecule has 0 atom stereocenters. The maximum Gasteiger partial charge on any atom is 0.184 e. The smallest absolute Gasteiger partial charge is 0.184 e. The van der Waals surface area contributed by atoms with Crippen LogP contribution in [0.25, 0.3) is 0 Å². The molecule has 5 nitrogen and oxygen atoms in total. The van der Waals surface area contributed by atoms with E-state index in [9.17, 15) is 13.2 Å². The fourth-order valence-corrected chi connectivity index (χ4v) is 3.28. The number of aryl methyl sites for hydroxylation is 1. The summed E-state index contributed by atoms with van der Waals surface area (Å²) >= 11 is 0. The summed E-state index contributed by atoms with van der Waals surface area (Å²) < 4.78 is 48.1. The molecule has 32 heavy (non-hydrogen) atoms. The van der Waals surface area contributed by atoms with E-state index in [1.165, 1.54) is 19.2 Å². The number of methoxy groups -OCH3 is 1. The molecule has 2 N–H and O–H groups in total. The van der Waals surface area contributed by atoms with E-state index in [2.05, 4.69) is 27.3 Å². The molecule has 1 saturated heterocycles. The van der Waals surface area contributed by atoms with Crippen molar-refractivity contribution in [3.8, 4) is 5.75 Å². The van der Waals surface area contributed by atoms with Crippen molar-refractivity contribution < 1.29 is 27.7 Å². The predicted octanol–water partition coefficient (Wildman–Crippen LogP) is 6.88. The second-order valence-corrected chi connectivity index (χ2v) is 7.53. The van der Waals surface area contributed by atoms with Crippen molar-refractivity contribution in [2.24, 2.45) is 0 Å². The standard InChI is InChI=1S/C20H23F3N2O.C2H4O2.C2H6/c1-4-7-20(8-9-20)25-18-16(26-3)11-14(22)17(23)19(18)24-15-6-5-12(2)10-13(15)21;1-2-4-3-1;1-2/h5-6,10-11,24-25H,4,7-9H2,1-3H3;1-2H2;1-2H3. The lowest BCUT2D eigenvalue weighted by Crippen LogP contribution is -2.22. The third-order valence-electron chi connectivity index (χ3n) is 5.09. The molecule has 8 heteroatoms. The third-order valence-corrected chi connectivity index (χ3v) is 5.09. The maximum absolute atomic E-state index is 14.6. The Morgan fingerprint density at radius 3 is 2.09 bits per heavy atom. The van der Waals surface area contributed by atoms with Crippen LogP contribution in [-0.4, -0.2) is 25.9 Å². The van der Waals surface area contributed by atoms with Crippen molar-refractivity contribution >= 4 is 17.1 Å². The molecule has 2 aromatic rings. The zero-order valence-electron chi connectivity index (χ0n) is 19.4. The molecular formula is C24H33F3N2O3. The number of benzene rings is 2. The van der Waals surface area contributed by atoms with E-state index in [1.807, 2.05) is 13.8 Å². The summed E-state index contributed by atoms with van der Waals surface area (Å²) in [4.78, 5) is 8.44. The van der Waals surface area contributed by atoms with Crippen LogP contribution in [0.2, 0.25) is 0 Å². The predicted molar refractivity (Wildman–Crippen MR) is 121 cm³/mol. The van der Waals surface area contributed by atoms with Gasteiger partial charge in [-0.3, -0.25) is 0 Å². The van der Waals surface area contributed by atoms with Crippen LogP contribution in [0.4, 0.5) is 30.2 Å². The Morgan fingerprint density at radius 2 is 1.62 bits per heavy atom. The van der Waals surface area contributed by atoms with Gasteiger partial charge in [0.1, 0.15) is 36.2 Å². The zero-order valence-corrected chi connectivity index (χ0v) is 19.4. The summed E-state index contributed by atoms with van der Waals surface area (Å²) in [6.07, 6.45) is 3.77. The van der Waals surface area contributed by atoms with Gasteiger partial charge >= 0.3 is 0 Å². The molecule has 0 aromatic heterocycles. The number of rotatable bonds is 7. The van der Waals surface area contributed by atoms with Gasteiger partial charge in [0.05, 0.1) is 12.8 Å². The minimum atomic E-state index is -1.07. The van der Waals surface area contributed by atoms with Crippen molar-refractivity contribution in [2.45, 2.75) is 58.9 Å². The number of halogens is 3. The normalized spacial score (nSPS) is 15.2. The van der Waals surface area contributed by atoms with Gasteiger partial charge in [-0.1, -0.05) is 33.3 Å². The highest BCUT2D eigenvalue weighted by Gasteiger charge is 2.43. The van der Waals surface area contributed by atoms with E-state index in [4.69, 9.17) is 4.74 Å². The molecule has 2 aliphatic rings. The first-order valence-electron chi connectivity index (χ1n) is 11.0. The van der Waals surface area contributed by atoms with Crippen LogP contribution in [0.3, 0.4) is 0 Å². The van der Waals surface area contributed by atoms with Crippen LogP contribution in [0, 0.1) is 24.4 Å². The second kappa shape index (κ2) is 12.0. The molecule has 1 heterocycles. The Labute approximate surface area is 188 Å². The summed E-state index contributed by atoms with van der Waals surface area (Å²) in [6.45, 7) is 9.39. The molecule has 0 bridgehead atoms. The molecule has 1 aliphatic carbocycles. The van der Waals surface area contributed by atoms with Crippen LogP contribution in [0.1, 0.15) is 52.0 Å². The van der Waals surface area contributed by atoms with Gasteiger partial charge in [0.25, 0.3) is 0 Å². The first-order chi connectivity index (χ1) is 15.4. The van der Waals surface area contributed by atoms with Crippen LogP contribution in [0.15, 0.2) is 24.3 Å². The molecule has 0 spiro atoms. The van der Waals surface area contributed by atoms with E-state index in [1.54, 1.807) is 13.0 Å². The fraction of sp³-hybridized carbons (Fsp3) is 0.500. The highest BCUT2D eigenvalue weighted by atomic mass is 19.2. The van der Waals surface area contributed by atoms with Crippen LogP contribution in [0.5, 0.6) is 5.75 Å². The van der Waals surface area contributed by atoms with Crippen molar-refractivity contribution in [1.29, 1.82) is 0 Å². The van der Waals surface area contributed by atoms with Crippen LogP contribution in [-0.2, 0) is 9.78 Å². The van der Waals surface area contributed by atoms with Gasteiger partial charge in [-0.25, -0.2) is 22.9 Å². The molecule has 4 rings (SSSR count). The average Bonchev–Trinajstić information content (AvgIpc) is 3.48. The minimum Gasteiger partial charge on any atom is -0.494 e. The maximum atomic E-state index is 14.6. The largest absolute Gasteiger partial charge is 0.494 e. The van der Waals surface area contributed by atoms with Crippen molar-refractivity contribution in [2.75, 3.05) is 31.0 Å². The zero-order chi connectivity index (χ0) is 23.7. The lowest BCUT2D eigenvalue weighted by atomic mass is 10.1. The van der Waals surface area contributed by atoms with Gasteiger partial charge in [-0.15, -0.1) is 0 Å². The minimum absolute atomic E-state index is 0.0746. The molecule has 0 amide bonds. The number of hydrogen-bond donors (Lipinski definition) is 2. The topological polar surface area (TPSA) is 51.8 Å². The lowest BCUT2D eigenvalue weighted by Gasteiger charge is -2.24. The molecule has 2 aromatic carbocycles. The summed E-state index contributed by atoms with van der Waals surface area (Å²) in [6, 6.07) is 5.55. The number of ether oxygens (including phenoxy) is 1. The average molecular weight is 455 g/mol. The number of hydrogen-bond acceptors (Lipinski definition) is 5. The van der Waals surface area contributed by atoms with E-state index >= 15 is 0 Å². The second-order valence-electron chi connectivity index (χ2n) is 7.53. The molecule has 0 radical (unpaired) electrons. The van der Waals surface area contributed by atoms with Crippen molar-refractivity contribution in [1.82, 2.24) is 0 Å². The van der Waals surface area contributed by atoms with Gasteiger partial charge in [-0.2, -0.15) is 0 Å². The summed E-state index contributed by atoms with van der Waals surface area (Å²) in [5, 5.41) is 6.03. The Morgan fingerprint density at radius 1 is 1.00 bits per heavy atom. The van der Waals surface area contributed by atoms with E-state index in [0.717, 1.165) is 50.5 Å². The molecular weight excluding hydrogens is 421 g/mol. The molecule has 1 saturated carbocycles. The fourth-order valence-electron chi connectivity index (χ4n) is 3.28.